The molecule has 0 fully saturated rings. The Balaban J connectivity index is 2.71. The van der Waals surface area contributed by atoms with Crippen LogP contribution in [0.3, 0.4) is 0 Å². The first-order valence-electron chi connectivity index (χ1n) is 7.15. The van der Waals surface area contributed by atoms with Crippen molar-refractivity contribution in [2.75, 3.05) is 6.61 Å². The van der Waals surface area contributed by atoms with Gasteiger partial charge in [0, 0.05) is 22.6 Å². The Labute approximate surface area is 144 Å². The van der Waals surface area contributed by atoms with Crippen molar-refractivity contribution in [1.82, 2.24) is 0 Å². The van der Waals surface area contributed by atoms with Gasteiger partial charge in [-0.2, -0.15) is 0 Å². The third-order valence-electron chi connectivity index (χ3n) is 3.81. The lowest BCUT2D eigenvalue weighted by Crippen LogP contribution is -2.33. The molecule has 1 N–H and O–H groups in total. The molecule has 2 aromatic carbocycles. The average Bonchev–Trinajstić information content (AvgIpc) is 2.51. The summed E-state index contributed by atoms with van der Waals surface area (Å²) in [5.74, 6) is -1.60. The SMILES string of the molecule is CC(C)(CO)C(c1cc(F)ccc1F)S(=O)(=O)c1ccc(Cl)cc1. The predicted molar refractivity (Wildman–Crippen MR) is 88.6 cm³/mol. The minimum absolute atomic E-state index is 0.0814. The topological polar surface area (TPSA) is 54.4 Å². The summed E-state index contributed by atoms with van der Waals surface area (Å²) in [7, 11) is -4.11. The second-order valence-corrected chi connectivity index (χ2v) is 8.66. The van der Waals surface area contributed by atoms with Gasteiger partial charge in [-0.1, -0.05) is 25.4 Å². The largest absolute Gasteiger partial charge is 0.396 e. The standard InChI is InChI=1S/C17H17ClF2O3S/c1-17(2,10-21)16(14-9-12(19)5-8-15(14)20)24(22,23)13-6-3-11(18)4-7-13/h3-9,16,21H,10H2,1-2H3. The molecule has 0 aliphatic heterocycles. The normalized spacial score (nSPS) is 13.8. The third-order valence-corrected chi connectivity index (χ3v) is 6.50. The Hall–Kier alpha value is -1.50. The summed E-state index contributed by atoms with van der Waals surface area (Å²) in [4.78, 5) is -0.0814. The fourth-order valence-electron chi connectivity index (χ4n) is 2.57. The van der Waals surface area contributed by atoms with Crippen molar-refractivity contribution in [3.05, 3.63) is 64.7 Å². The van der Waals surface area contributed by atoms with Gasteiger partial charge >= 0.3 is 0 Å². The van der Waals surface area contributed by atoms with Gasteiger partial charge in [0.2, 0.25) is 0 Å². The van der Waals surface area contributed by atoms with Crippen LogP contribution in [0.15, 0.2) is 47.4 Å². The molecule has 2 rings (SSSR count). The minimum Gasteiger partial charge on any atom is -0.396 e. The van der Waals surface area contributed by atoms with E-state index in [9.17, 15) is 22.3 Å². The molecule has 0 heterocycles. The molecular weight excluding hydrogens is 358 g/mol. The second kappa shape index (κ2) is 6.78. The van der Waals surface area contributed by atoms with Crippen molar-refractivity contribution in [1.29, 1.82) is 0 Å². The summed E-state index contributed by atoms with van der Waals surface area (Å²) < 4.78 is 54.0. The molecule has 0 spiro atoms. The summed E-state index contributed by atoms with van der Waals surface area (Å²) in [5.41, 5.74) is -1.56. The van der Waals surface area contributed by atoms with Gasteiger partial charge < -0.3 is 5.11 Å². The first-order valence-corrected chi connectivity index (χ1v) is 9.07. The van der Waals surface area contributed by atoms with E-state index < -0.39 is 38.7 Å². The molecule has 1 atom stereocenters. The number of rotatable bonds is 5. The van der Waals surface area contributed by atoms with Crippen molar-refractivity contribution in [3.63, 3.8) is 0 Å². The van der Waals surface area contributed by atoms with Crippen LogP contribution in [-0.4, -0.2) is 20.1 Å². The summed E-state index contributed by atoms with van der Waals surface area (Å²) in [6.45, 7) is 2.44. The van der Waals surface area contributed by atoms with E-state index in [1.807, 2.05) is 0 Å². The van der Waals surface area contributed by atoms with Gasteiger partial charge in [0.1, 0.15) is 16.9 Å². The smallest absolute Gasteiger partial charge is 0.186 e. The van der Waals surface area contributed by atoms with E-state index in [2.05, 4.69) is 0 Å². The third kappa shape index (κ3) is 3.61. The highest BCUT2D eigenvalue weighted by molar-refractivity contribution is 7.91. The summed E-state index contributed by atoms with van der Waals surface area (Å²) in [5, 5.41) is 8.52. The van der Waals surface area contributed by atoms with E-state index in [1.54, 1.807) is 0 Å². The van der Waals surface area contributed by atoms with Crippen LogP contribution in [0.5, 0.6) is 0 Å². The number of benzene rings is 2. The van der Waals surface area contributed by atoms with Crippen LogP contribution in [0.4, 0.5) is 8.78 Å². The maximum absolute atomic E-state index is 14.3. The Kier molecular flexibility index (Phi) is 5.32. The van der Waals surface area contributed by atoms with Crippen molar-refractivity contribution < 1.29 is 22.3 Å². The highest BCUT2D eigenvalue weighted by atomic mass is 35.5. The molecule has 7 heteroatoms. The molecule has 0 amide bonds. The van der Waals surface area contributed by atoms with Crippen LogP contribution in [0.2, 0.25) is 5.02 Å². The van der Waals surface area contributed by atoms with Crippen LogP contribution in [0, 0.1) is 17.0 Å². The fraction of sp³-hybridized carbons (Fsp3) is 0.294. The van der Waals surface area contributed by atoms with E-state index in [0.717, 1.165) is 18.2 Å². The van der Waals surface area contributed by atoms with Gasteiger partial charge in [0.25, 0.3) is 0 Å². The van der Waals surface area contributed by atoms with Gasteiger partial charge in [-0.15, -0.1) is 0 Å². The van der Waals surface area contributed by atoms with Crippen LogP contribution in [0.25, 0.3) is 0 Å². The minimum atomic E-state index is -4.11. The number of aliphatic hydroxyl groups is 1. The molecule has 0 aliphatic carbocycles. The summed E-state index contributed by atoms with van der Waals surface area (Å²) >= 11 is 5.78. The summed E-state index contributed by atoms with van der Waals surface area (Å²) in [6.07, 6.45) is 0. The highest BCUT2D eigenvalue weighted by Gasteiger charge is 2.42. The Bertz CT molecular complexity index is 833. The molecule has 0 bridgehead atoms. The van der Waals surface area contributed by atoms with E-state index in [4.69, 9.17) is 11.6 Å². The van der Waals surface area contributed by atoms with Crippen molar-refractivity contribution in [2.45, 2.75) is 24.0 Å². The molecule has 0 aromatic heterocycles. The summed E-state index contributed by atoms with van der Waals surface area (Å²) in [6, 6.07) is 8.05. The highest BCUT2D eigenvalue weighted by Crippen LogP contribution is 2.43. The quantitative estimate of drug-likeness (QED) is 0.855. The number of hydrogen-bond acceptors (Lipinski definition) is 3. The lowest BCUT2D eigenvalue weighted by molar-refractivity contribution is 0.152. The zero-order valence-corrected chi connectivity index (χ0v) is 14.7. The molecule has 130 valence electrons. The first kappa shape index (κ1) is 18.8. The van der Waals surface area contributed by atoms with Gasteiger partial charge in [-0.05, 0) is 42.5 Å². The Morgan fingerprint density at radius 3 is 2.25 bits per heavy atom. The van der Waals surface area contributed by atoms with Gasteiger partial charge in [-0.3, -0.25) is 0 Å². The molecule has 24 heavy (non-hydrogen) atoms. The van der Waals surface area contributed by atoms with E-state index in [1.165, 1.54) is 38.1 Å². The van der Waals surface area contributed by atoms with Crippen LogP contribution < -0.4 is 0 Å². The average molecular weight is 375 g/mol. The van der Waals surface area contributed by atoms with E-state index >= 15 is 0 Å². The molecule has 2 aromatic rings. The van der Waals surface area contributed by atoms with E-state index in [-0.39, 0.29) is 10.5 Å². The van der Waals surface area contributed by atoms with Crippen molar-refractivity contribution >= 4 is 21.4 Å². The monoisotopic (exact) mass is 374 g/mol. The molecule has 3 nitrogen and oxygen atoms in total. The van der Waals surface area contributed by atoms with Crippen LogP contribution >= 0.6 is 11.6 Å². The van der Waals surface area contributed by atoms with E-state index in [0.29, 0.717) is 5.02 Å². The lowest BCUT2D eigenvalue weighted by Gasteiger charge is -2.33. The van der Waals surface area contributed by atoms with Gasteiger partial charge in [-0.25, -0.2) is 17.2 Å². The molecule has 0 saturated carbocycles. The maximum Gasteiger partial charge on any atom is 0.186 e. The first-order chi connectivity index (χ1) is 11.1. The van der Waals surface area contributed by atoms with Crippen LogP contribution in [0.1, 0.15) is 24.7 Å². The fourth-order valence-corrected chi connectivity index (χ4v) is 4.91. The molecular formula is C17H17ClF2O3S. The zero-order valence-electron chi connectivity index (χ0n) is 13.1. The number of sulfone groups is 1. The van der Waals surface area contributed by atoms with Gasteiger partial charge in [0.15, 0.2) is 9.84 Å². The lowest BCUT2D eigenvalue weighted by atomic mass is 9.85. The molecule has 0 radical (unpaired) electrons. The number of hydrogen-bond donors (Lipinski definition) is 1. The molecule has 0 saturated heterocycles. The maximum atomic E-state index is 14.3. The molecule has 0 aliphatic rings. The van der Waals surface area contributed by atoms with Crippen molar-refractivity contribution in [3.8, 4) is 0 Å². The number of halogens is 3. The number of aliphatic hydroxyl groups excluding tert-OH is 1. The predicted octanol–water partition coefficient (Wildman–Crippen LogP) is 4.15. The van der Waals surface area contributed by atoms with Crippen LogP contribution in [-0.2, 0) is 9.84 Å². The second-order valence-electron chi connectivity index (χ2n) is 6.19. The molecule has 1 unspecified atom stereocenters. The van der Waals surface area contributed by atoms with Gasteiger partial charge in [0.05, 0.1) is 4.90 Å². The van der Waals surface area contributed by atoms with Crippen molar-refractivity contribution in [2.24, 2.45) is 5.41 Å². The Morgan fingerprint density at radius 1 is 1.12 bits per heavy atom. The zero-order chi connectivity index (χ0) is 18.1. The Morgan fingerprint density at radius 2 is 1.71 bits per heavy atom.